The van der Waals surface area contributed by atoms with E-state index in [1.807, 2.05) is 38.1 Å². The van der Waals surface area contributed by atoms with Crippen LogP contribution in [0.5, 0.6) is 0 Å². The molecule has 1 N–H and O–H groups in total. The second kappa shape index (κ2) is 7.25. The van der Waals surface area contributed by atoms with Gasteiger partial charge in [-0.15, -0.1) is 0 Å². The van der Waals surface area contributed by atoms with Crippen LogP contribution < -0.4 is 5.32 Å². The van der Waals surface area contributed by atoms with E-state index in [2.05, 4.69) is 5.32 Å². The molecule has 1 saturated heterocycles. The molecule has 1 fully saturated rings. The SMILES string of the molecule is CC[C@H](NC(=O)CN1C(=O)C(=O)N(CC)C1=O)c1ccc(C)cc1. The molecule has 0 spiro atoms. The molecule has 0 aromatic heterocycles. The number of hydrogen-bond donors (Lipinski definition) is 1. The second-order valence-electron chi connectivity index (χ2n) is 5.66. The van der Waals surface area contributed by atoms with Gasteiger partial charge in [0.1, 0.15) is 6.54 Å². The third-order valence-electron chi connectivity index (χ3n) is 3.98. The lowest BCUT2D eigenvalue weighted by molar-refractivity contribution is -0.144. The van der Waals surface area contributed by atoms with Crippen LogP contribution in [-0.2, 0) is 14.4 Å². The predicted octanol–water partition coefficient (Wildman–Crippen LogP) is 1.37. The molecular weight excluding hydrogens is 310 g/mol. The molecule has 24 heavy (non-hydrogen) atoms. The first kappa shape index (κ1) is 17.7. The Kier molecular flexibility index (Phi) is 5.33. The Hall–Kier alpha value is -2.70. The van der Waals surface area contributed by atoms with Gasteiger partial charge in [0, 0.05) is 6.54 Å². The summed E-state index contributed by atoms with van der Waals surface area (Å²) in [6.07, 6.45) is 0.663. The minimum atomic E-state index is -0.958. The number of benzene rings is 1. The molecule has 0 bridgehead atoms. The molecule has 2 rings (SSSR count). The highest BCUT2D eigenvalue weighted by Crippen LogP contribution is 2.17. The Bertz CT molecular complexity index is 669. The fourth-order valence-electron chi connectivity index (χ4n) is 2.57. The molecule has 1 aliphatic rings. The summed E-state index contributed by atoms with van der Waals surface area (Å²) in [5, 5.41) is 2.80. The van der Waals surface area contributed by atoms with Gasteiger partial charge < -0.3 is 5.32 Å². The topological polar surface area (TPSA) is 86.8 Å². The van der Waals surface area contributed by atoms with Crippen LogP contribution in [0.25, 0.3) is 0 Å². The van der Waals surface area contributed by atoms with Crippen molar-refractivity contribution in [2.75, 3.05) is 13.1 Å². The number of imide groups is 2. The molecule has 1 aromatic carbocycles. The number of urea groups is 1. The molecule has 5 amide bonds. The van der Waals surface area contributed by atoms with Gasteiger partial charge in [-0.1, -0.05) is 36.8 Å². The zero-order valence-corrected chi connectivity index (χ0v) is 14.0. The van der Waals surface area contributed by atoms with Gasteiger partial charge >= 0.3 is 17.8 Å². The van der Waals surface area contributed by atoms with Crippen LogP contribution >= 0.6 is 0 Å². The summed E-state index contributed by atoms with van der Waals surface area (Å²) in [6, 6.07) is 6.80. The molecule has 1 aromatic rings. The number of carbonyl (C=O) groups is 4. The minimum absolute atomic E-state index is 0.0997. The van der Waals surface area contributed by atoms with Gasteiger partial charge in [-0.2, -0.15) is 0 Å². The number of aryl methyl sites for hydroxylation is 1. The summed E-state index contributed by atoms with van der Waals surface area (Å²) in [6.45, 7) is 5.14. The smallest absolute Gasteiger partial charge is 0.334 e. The van der Waals surface area contributed by atoms with Crippen molar-refractivity contribution in [3.63, 3.8) is 0 Å². The van der Waals surface area contributed by atoms with Crippen molar-refractivity contribution in [3.05, 3.63) is 35.4 Å². The fourth-order valence-corrected chi connectivity index (χ4v) is 2.57. The molecule has 0 aliphatic carbocycles. The first-order valence-corrected chi connectivity index (χ1v) is 7.92. The molecule has 0 radical (unpaired) electrons. The number of rotatable bonds is 6. The molecule has 0 unspecified atom stereocenters. The van der Waals surface area contributed by atoms with Crippen LogP contribution in [0.2, 0.25) is 0 Å². The normalized spacial score (nSPS) is 15.9. The minimum Gasteiger partial charge on any atom is -0.348 e. The molecular formula is C17H21N3O4. The standard InChI is InChI=1S/C17H21N3O4/c1-4-13(12-8-6-11(3)7-9-12)18-14(21)10-20-16(23)15(22)19(5-2)17(20)24/h6-9,13H,4-5,10H2,1-3H3,(H,18,21)/t13-/m0/s1. The van der Waals surface area contributed by atoms with Crippen molar-refractivity contribution < 1.29 is 19.2 Å². The van der Waals surface area contributed by atoms with E-state index >= 15 is 0 Å². The summed E-state index contributed by atoms with van der Waals surface area (Å²) < 4.78 is 0. The molecule has 7 heteroatoms. The lowest BCUT2D eigenvalue weighted by Gasteiger charge is -2.20. The van der Waals surface area contributed by atoms with Gasteiger partial charge in [-0.25, -0.2) is 9.69 Å². The highest BCUT2D eigenvalue weighted by molar-refractivity contribution is 6.45. The maximum absolute atomic E-state index is 12.2. The lowest BCUT2D eigenvalue weighted by atomic mass is 10.0. The third-order valence-corrected chi connectivity index (χ3v) is 3.98. The number of carbonyl (C=O) groups excluding carboxylic acids is 4. The largest absolute Gasteiger partial charge is 0.348 e. The highest BCUT2D eigenvalue weighted by Gasteiger charge is 2.44. The van der Waals surface area contributed by atoms with Gasteiger partial charge in [0.25, 0.3) is 0 Å². The Morgan fingerprint density at radius 2 is 1.62 bits per heavy atom. The van der Waals surface area contributed by atoms with Crippen molar-refractivity contribution in [1.29, 1.82) is 0 Å². The van der Waals surface area contributed by atoms with Crippen molar-refractivity contribution in [1.82, 2.24) is 15.1 Å². The Morgan fingerprint density at radius 3 is 2.12 bits per heavy atom. The summed E-state index contributed by atoms with van der Waals surface area (Å²) in [4.78, 5) is 49.2. The number of amides is 5. The Morgan fingerprint density at radius 1 is 1.04 bits per heavy atom. The van der Waals surface area contributed by atoms with Gasteiger partial charge in [0.15, 0.2) is 0 Å². The highest BCUT2D eigenvalue weighted by atomic mass is 16.2. The molecule has 128 valence electrons. The van der Waals surface area contributed by atoms with Gasteiger partial charge in [0.2, 0.25) is 5.91 Å². The first-order valence-electron chi connectivity index (χ1n) is 7.92. The van der Waals surface area contributed by atoms with Gasteiger partial charge in [-0.3, -0.25) is 19.3 Å². The molecule has 1 atom stereocenters. The lowest BCUT2D eigenvalue weighted by Crippen LogP contribution is -2.42. The van der Waals surface area contributed by atoms with Crippen molar-refractivity contribution in [2.24, 2.45) is 0 Å². The first-order chi connectivity index (χ1) is 11.4. The van der Waals surface area contributed by atoms with E-state index < -0.39 is 30.3 Å². The predicted molar refractivity (Wildman–Crippen MR) is 86.8 cm³/mol. The second-order valence-corrected chi connectivity index (χ2v) is 5.66. The van der Waals surface area contributed by atoms with Crippen LogP contribution in [0.15, 0.2) is 24.3 Å². The summed E-state index contributed by atoms with van der Waals surface area (Å²) in [5.41, 5.74) is 2.06. The fraction of sp³-hybridized carbons (Fsp3) is 0.412. The van der Waals surface area contributed by atoms with Crippen LogP contribution in [0.1, 0.15) is 37.4 Å². The monoisotopic (exact) mass is 331 g/mol. The van der Waals surface area contributed by atoms with E-state index in [1.165, 1.54) is 0 Å². The van der Waals surface area contributed by atoms with Crippen LogP contribution in [-0.4, -0.2) is 46.6 Å². The summed E-state index contributed by atoms with van der Waals surface area (Å²) >= 11 is 0. The molecule has 0 saturated carbocycles. The average Bonchev–Trinajstić information content (AvgIpc) is 2.77. The molecule has 1 heterocycles. The Balaban J connectivity index is 2.04. The van der Waals surface area contributed by atoms with Crippen molar-refractivity contribution >= 4 is 23.8 Å². The number of likely N-dealkylation sites (N-methyl/N-ethyl adjacent to an activating group) is 1. The van der Waals surface area contributed by atoms with Crippen LogP contribution in [0.3, 0.4) is 0 Å². The summed E-state index contributed by atoms with van der Waals surface area (Å²) in [5.74, 6) is -2.32. The zero-order chi connectivity index (χ0) is 17.9. The molecule has 7 nitrogen and oxygen atoms in total. The van der Waals surface area contributed by atoms with Gasteiger partial charge in [0.05, 0.1) is 6.04 Å². The van der Waals surface area contributed by atoms with E-state index in [1.54, 1.807) is 6.92 Å². The van der Waals surface area contributed by atoms with E-state index in [-0.39, 0.29) is 12.6 Å². The van der Waals surface area contributed by atoms with Crippen molar-refractivity contribution in [3.8, 4) is 0 Å². The quantitative estimate of drug-likeness (QED) is 0.630. The van der Waals surface area contributed by atoms with E-state index in [0.29, 0.717) is 11.3 Å². The Labute approximate surface area is 140 Å². The van der Waals surface area contributed by atoms with Crippen LogP contribution in [0, 0.1) is 6.92 Å². The number of hydrogen-bond acceptors (Lipinski definition) is 4. The third kappa shape index (κ3) is 3.45. The van der Waals surface area contributed by atoms with E-state index in [4.69, 9.17) is 0 Å². The van der Waals surface area contributed by atoms with Crippen molar-refractivity contribution in [2.45, 2.75) is 33.2 Å². The van der Waals surface area contributed by atoms with E-state index in [0.717, 1.165) is 16.0 Å². The van der Waals surface area contributed by atoms with Gasteiger partial charge in [-0.05, 0) is 25.8 Å². The van der Waals surface area contributed by atoms with Crippen LogP contribution in [0.4, 0.5) is 4.79 Å². The number of nitrogens with one attached hydrogen (secondary N) is 1. The van der Waals surface area contributed by atoms with E-state index in [9.17, 15) is 19.2 Å². The molecule has 1 aliphatic heterocycles. The maximum atomic E-state index is 12.2. The summed E-state index contributed by atoms with van der Waals surface area (Å²) in [7, 11) is 0. The zero-order valence-electron chi connectivity index (χ0n) is 14.0. The number of nitrogens with zero attached hydrogens (tertiary/aromatic N) is 2. The maximum Gasteiger partial charge on any atom is 0.334 e. The average molecular weight is 331 g/mol.